The van der Waals surface area contributed by atoms with Crippen LogP contribution in [0, 0.1) is 0 Å². The summed E-state index contributed by atoms with van der Waals surface area (Å²) in [5.41, 5.74) is 0. The molecule has 0 aliphatic heterocycles. The van der Waals surface area contributed by atoms with Crippen molar-refractivity contribution < 1.29 is 19.1 Å². The molecule has 6 heteroatoms. The first-order valence-corrected chi connectivity index (χ1v) is 6.80. The Balaban J connectivity index is 2.13. The number of ether oxygens (including phenoxy) is 2. The van der Waals surface area contributed by atoms with Crippen molar-refractivity contribution >= 4 is 23.5 Å². The fourth-order valence-corrected chi connectivity index (χ4v) is 1.63. The van der Waals surface area contributed by atoms with E-state index in [-0.39, 0.29) is 18.5 Å². The van der Waals surface area contributed by atoms with Gasteiger partial charge in [-0.2, -0.15) is 0 Å². The van der Waals surface area contributed by atoms with E-state index in [9.17, 15) is 9.59 Å². The van der Waals surface area contributed by atoms with E-state index in [0.717, 1.165) is 0 Å². The van der Waals surface area contributed by atoms with Gasteiger partial charge in [0, 0.05) is 18.0 Å². The molecule has 20 heavy (non-hydrogen) atoms. The van der Waals surface area contributed by atoms with E-state index in [1.165, 1.54) is 0 Å². The molecule has 0 saturated carbocycles. The summed E-state index contributed by atoms with van der Waals surface area (Å²) in [6.07, 6.45) is 0.838. The molecule has 1 aromatic carbocycles. The third kappa shape index (κ3) is 6.99. The second-order valence-corrected chi connectivity index (χ2v) is 4.44. The molecule has 0 radical (unpaired) electrons. The quantitative estimate of drug-likeness (QED) is 0.590. The number of rotatable bonds is 8. The zero-order valence-corrected chi connectivity index (χ0v) is 12.1. The average Bonchev–Trinajstić information content (AvgIpc) is 2.42. The fraction of sp³-hybridized carbons (Fsp3) is 0.429. The first-order valence-electron chi connectivity index (χ1n) is 6.42. The van der Waals surface area contributed by atoms with Crippen LogP contribution >= 0.6 is 11.6 Å². The predicted octanol–water partition coefficient (Wildman–Crippen LogP) is 2.18. The van der Waals surface area contributed by atoms with Crippen molar-refractivity contribution in [1.82, 2.24) is 5.32 Å². The summed E-state index contributed by atoms with van der Waals surface area (Å²) >= 11 is 5.79. The van der Waals surface area contributed by atoms with Crippen LogP contribution in [0.25, 0.3) is 0 Å². The zero-order valence-electron chi connectivity index (χ0n) is 11.4. The summed E-state index contributed by atoms with van der Waals surface area (Å²) in [5.74, 6) is 0.0462. The predicted molar refractivity (Wildman–Crippen MR) is 75.8 cm³/mol. The fourth-order valence-electron chi connectivity index (χ4n) is 1.45. The molecule has 1 amide bonds. The van der Waals surface area contributed by atoms with Crippen molar-refractivity contribution in [3.8, 4) is 5.75 Å². The van der Waals surface area contributed by atoms with Crippen LogP contribution in [-0.4, -0.2) is 31.6 Å². The van der Waals surface area contributed by atoms with Crippen LogP contribution in [0.4, 0.5) is 0 Å². The molecule has 0 atom stereocenters. The molecule has 0 heterocycles. The van der Waals surface area contributed by atoms with Gasteiger partial charge in [0.15, 0.2) is 6.61 Å². The standard InChI is InChI=1S/C14H18ClNO4/c1-2-19-14(18)7-4-8-16-13(17)10-20-12-6-3-5-11(15)9-12/h3,5-6,9H,2,4,7-8,10H2,1H3,(H,16,17). The van der Waals surface area contributed by atoms with Crippen LogP contribution in [0.2, 0.25) is 5.02 Å². The van der Waals surface area contributed by atoms with E-state index in [2.05, 4.69) is 5.32 Å². The van der Waals surface area contributed by atoms with Gasteiger partial charge in [-0.15, -0.1) is 0 Å². The number of hydrogen-bond acceptors (Lipinski definition) is 4. The van der Waals surface area contributed by atoms with Gasteiger partial charge < -0.3 is 14.8 Å². The van der Waals surface area contributed by atoms with Gasteiger partial charge in [-0.1, -0.05) is 17.7 Å². The maximum atomic E-state index is 11.5. The molecule has 0 aliphatic rings. The Morgan fingerprint density at radius 1 is 1.35 bits per heavy atom. The molecule has 5 nitrogen and oxygen atoms in total. The van der Waals surface area contributed by atoms with Gasteiger partial charge >= 0.3 is 5.97 Å². The molecule has 110 valence electrons. The minimum atomic E-state index is -0.253. The second-order valence-electron chi connectivity index (χ2n) is 4.00. The van der Waals surface area contributed by atoms with Gasteiger partial charge in [0.1, 0.15) is 5.75 Å². The van der Waals surface area contributed by atoms with Gasteiger partial charge in [0.25, 0.3) is 5.91 Å². The van der Waals surface area contributed by atoms with E-state index in [1.54, 1.807) is 31.2 Å². The molecule has 1 rings (SSSR count). The van der Waals surface area contributed by atoms with Gasteiger partial charge in [-0.25, -0.2) is 0 Å². The summed E-state index contributed by atoms with van der Waals surface area (Å²) in [6.45, 7) is 2.46. The lowest BCUT2D eigenvalue weighted by atomic mass is 10.3. The molecule has 0 unspecified atom stereocenters. The minimum Gasteiger partial charge on any atom is -0.484 e. The van der Waals surface area contributed by atoms with Crippen LogP contribution in [0.3, 0.4) is 0 Å². The highest BCUT2D eigenvalue weighted by atomic mass is 35.5. The number of carbonyl (C=O) groups is 2. The van der Waals surface area contributed by atoms with Crippen molar-refractivity contribution in [1.29, 1.82) is 0 Å². The monoisotopic (exact) mass is 299 g/mol. The molecular weight excluding hydrogens is 282 g/mol. The van der Waals surface area contributed by atoms with E-state index in [1.807, 2.05) is 0 Å². The summed E-state index contributed by atoms with van der Waals surface area (Å²) in [6, 6.07) is 6.83. The third-order valence-corrected chi connectivity index (χ3v) is 2.59. The summed E-state index contributed by atoms with van der Waals surface area (Å²) in [4.78, 5) is 22.5. The van der Waals surface area contributed by atoms with Crippen molar-refractivity contribution in [3.05, 3.63) is 29.3 Å². The number of hydrogen-bond donors (Lipinski definition) is 1. The molecule has 0 aliphatic carbocycles. The van der Waals surface area contributed by atoms with Crippen molar-refractivity contribution in [2.45, 2.75) is 19.8 Å². The van der Waals surface area contributed by atoms with Gasteiger partial charge in [-0.3, -0.25) is 9.59 Å². The molecule has 0 spiro atoms. The molecule has 1 aromatic rings. The Kier molecular flexibility index (Phi) is 7.50. The Hall–Kier alpha value is -1.75. The largest absolute Gasteiger partial charge is 0.484 e. The van der Waals surface area contributed by atoms with E-state index < -0.39 is 0 Å². The summed E-state index contributed by atoms with van der Waals surface area (Å²) in [5, 5.41) is 3.21. The van der Waals surface area contributed by atoms with Crippen molar-refractivity contribution in [2.75, 3.05) is 19.8 Å². The number of nitrogens with one attached hydrogen (secondary N) is 1. The van der Waals surface area contributed by atoms with Crippen LogP contribution in [0.1, 0.15) is 19.8 Å². The van der Waals surface area contributed by atoms with Crippen molar-refractivity contribution in [3.63, 3.8) is 0 Å². The van der Waals surface area contributed by atoms with E-state index in [0.29, 0.717) is 36.8 Å². The highest BCUT2D eigenvalue weighted by Gasteiger charge is 2.04. The smallest absolute Gasteiger partial charge is 0.305 e. The van der Waals surface area contributed by atoms with Crippen LogP contribution < -0.4 is 10.1 Å². The Morgan fingerprint density at radius 3 is 2.85 bits per heavy atom. The molecule has 0 saturated heterocycles. The highest BCUT2D eigenvalue weighted by molar-refractivity contribution is 6.30. The number of benzene rings is 1. The number of amides is 1. The molecule has 0 bridgehead atoms. The molecule has 0 fully saturated rings. The van der Waals surface area contributed by atoms with Gasteiger partial charge in [-0.05, 0) is 31.5 Å². The Labute approximate surface area is 123 Å². The molecular formula is C14H18ClNO4. The van der Waals surface area contributed by atoms with Crippen LogP contribution in [0.15, 0.2) is 24.3 Å². The number of carbonyl (C=O) groups excluding carboxylic acids is 2. The topological polar surface area (TPSA) is 64.6 Å². The van der Waals surface area contributed by atoms with Crippen LogP contribution in [-0.2, 0) is 14.3 Å². The zero-order chi connectivity index (χ0) is 14.8. The molecule has 0 aromatic heterocycles. The van der Waals surface area contributed by atoms with Gasteiger partial charge in [0.2, 0.25) is 0 Å². The summed E-state index contributed by atoms with van der Waals surface area (Å²) in [7, 11) is 0. The van der Waals surface area contributed by atoms with Gasteiger partial charge in [0.05, 0.1) is 6.61 Å². The Bertz CT molecular complexity index is 451. The average molecular weight is 300 g/mol. The second kappa shape index (κ2) is 9.20. The van der Waals surface area contributed by atoms with E-state index >= 15 is 0 Å². The first kappa shape index (κ1) is 16.3. The Morgan fingerprint density at radius 2 is 2.15 bits per heavy atom. The SMILES string of the molecule is CCOC(=O)CCCNC(=O)COc1cccc(Cl)c1. The highest BCUT2D eigenvalue weighted by Crippen LogP contribution is 2.16. The lowest BCUT2D eigenvalue weighted by Gasteiger charge is -2.07. The van der Waals surface area contributed by atoms with E-state index in [4.69, 9.17) is 21.1 Å². The lowest BCUT2D eigenvalue weighted by molar-refractivity contribution is -0.143. The maximum Gasteiger partial charge on any atom is 0.305 e. The van der Waals surface area contributed by atoms with Crippen molar-refractivity contribution in [2.24, 2.45) is 0 Å². The normalized spacial score (nSPS) is 9.90. The lowest BCUT2D eigenvalue weighted by Crippen LogP contribution is -2.30. The molecule has 1 N–H and O–H groups in total. The number of halogens is 1. The first-order chi connectivity index (χ1) is 9.61. The minimum absolute atomic E-state index is 0.0836. The third-order valence-electron chi connectivity index (χ3n) is 2.35. The number of esters is 1. The summed E-state index contributed by atoms with van der Waals surface area (Å²) < 4.78 is 10.1. The van der Waals surface area contributed by atoms with Crippen LogP contribution in [0.5, 0.6) is 5.75 Å². The maximum absolute atomic E-state index is 11.5.